The van der Waals surface area contributed by atoms with Crippen LogP contribution in [0, 0.1) is 0 Å². The van der Waals surface area contributed by atoms with Crippen molar-refractivity contribution in [2.75, 3.05) is 0 Å². The Hall–Kier alpha value is -6.19. The number of benzene rings is 6. The van der Waals surface area contributed by atoms with Crippen molar-refractivity contribution in [2.45, 2.75) is 5.41 Å². The lowest BCUT2D eigenvalue weighted by Gasteiger charge is -2.34. The summed E-state index contributed by atoms with van der Waals surface area (Å²) < 4.78 is 0. The maximum Gasteiger partial charge on any atom is 0.0973 e. The van der Waals surface area contributed by atoms with Crippen LogP contribution in [0.4, 0.5) is 0 Å². The van der Waals surface area contributed by atoms with E-state index in [1.165, 1.54) is 33.4 Å². The van der Waals surface area contributed by atoms with Gasteiger partial charge in [-0.05, 0) is 69.8 Å². The molecule has 1 aliphatic rings. The Morgan fingerprint density at radius 2 is 0.872 bits per heavy atom. The highest BCUT2D eigenvalue weighted by atomic mass is 14.8. The van der Waals surface area contributed by atoms with Gasteiger partial charge in [-0.3, -0.25) is 4.98 Å². The molecule has 0 bridgehead atoms. The van der Waals surface area contributed by atoms with Gasteiger partial charge in [0.15, 0.2) is 0 Å². The van der Waals surface area contributed by atoms with Crippen molar-refractivity contribution in [2.24, 2.45) is 0 Å². The van der Waals surface area contributed by atoms with Gasteiger partial charge in [-0.1, -0.05) is 133 Å². The van der Waals surface area contributed by atoms with Crippen LogP contribution >= 0.6 is 0 Å². The van der Waals surface area contributed by atoms with E-state index in [9.17, 15) is 0 Å². The van der Waals surface area contributed by atoms with Crippen LogP contribution < -0.4 is 0 Å². The molecule has 2 heterocycles. The van der Waals surface area contributed by atoms with Crippen molar-refractivity contribution in [1.29, 1.82) is 0 Å². The quantitative estimate of drug-likeness (QED) is 0.198. The van der Waals surface area contributed by atoms with Gasteiger partial charge in [0.2, 0.25) is 0 Å². The van der Waals surface area contributed by atoms with Crippen molar-refractivity contribution in [3.05, 3.63) is 198 Å². The zero-order valence-corrected chi connectivity index (χ0v) is 25.6. The predicted molar refractivity (Wildman–Crippen MR) is 191 cm³/mol. The van der Waals surface area contributed by atoms with Crippen molar-refractivity contribution >= 4 is 11.0 Å². The van der Waals surface area contributed by atoms with Crippen LogP contribution in [-0.4, -0.2) is 15.0 Å². The summed E-state index contributed by atoms with van der Waals surface area (Å²) in [5, 5.41) is 0. The third-order valence-corrected chi connectivity index (χ3v) is 9.40. The first-order valence-electron chi connectivity index (χ1n) is 16.0. The van der Waals surface area contributed by atoms with Gasteiger partial charge in [-0.25, -0.2) is 9.97 Å². The smallest absolute Gasteiger partial charge is 0.0973 e. The van der Waals surface area contributed by atoms with Crippen molar-refractivity contribution < 1.29 is 0 Å². The third kappa shape index (κ3) is 4.32. The molecule has 0 N–H and O–H groups in total. The molecule has 8 aromatic rings. The monoisotopic (exact) mass is 599 g/mol. The van der Waals surface area contributed by atoms with E-state index in [4.69, 9.17) is 15.0 Å². The van der Waals surface area contributed by atoms with Crippen molar-refractivity contribution in [3.63, 3.8) is 0 Å². The minimum atomic E-state index is -0.564. The Bertz CT molecular complexity index is 2350. The lowest BCUT2D eigenvalue weighted by Crippen LogP contribution is -2.28. The molecule has 6 aromatic carbocycles. The van der Waals surface area contributed by atoms with E-state index >= 15 is 0 Å². The number of nitrogens with zero attached hydrogens (tertiary/aromatic N) is 3. The van der Waals surface area contributed by atoms with Crippen LogP contribution in [-0.2, 0) is 5.41 Å². The molecular weight excluding hydrogens is 571 g/mol. The molecule has 0 saturated carbocycles. The van der Waals surface area contributed by atoms with Gasteiger partial charge in [-0.2, -0.15) is 0 Å². The van der Waals surface area contributed by atoms with E-state index < -0.39 is 5.41 Å². The molecule has 0 fully saturated rings. The molecule has 1 aliphatic carbocycles. The summed E-state index contributed by atoms with van der Waals surface area (Å²) >= 11 is 0. The Labute approximate surface area is 273 Å². The highest BCUT2D eigenvalue weighted by molar-refractivity contribution is 5.92. The van der Waals surface area contributed by atoms with Gasteiger partial charge < -0.3 is 0 Å². The van der Waals surface area contributed by atoms with Crippen LogP contribution in [0.1, 0.15) is 22.3 Å². The summed E-state index contributed by atoms with van der Waals surface area (Å²) in [4.78, 5) is 15.2. The number of pyridine rings is 1. The van der Waals surface area contributed by atoms with Crippen molar-refractivity contribution in [1.82, 2.24) is 15.0 Å². The Kier molecular flexibility index (Phi) is 6.36. The average molecular weight is 600 g/mol. The number of aromatic nitrogens is 3. The lowest BCUT2D eigenvalue weighted by atomic mass is 9.67. The van der Waals surface area contributed by atoms with Gasteiger partial charge in [0.25, 0.3) is 0 Å². The second-order valence-corrected chi connectivity index (χ2v) is 12.0. The lowest BCUT2D eigenvalue weighted by molar-refractivity contribution is 0.769. The molecule has 220 valence electrons. The fraction of sp³-hybridized carbons (Fsp3) is 0.0227. The zero-order valence-electron chi connectivity index (χ0n) is 25.6. The van der Waals surface area contributed by atoms with E-state index in [0.29, 0.717) is 0 Å². The normalized spacial score (nSPS) is 12.9. The molecular formula is C44H29N3. The Balaban J connectivity index is 1.36. The van der Waals surface area contributed by atoms with Gasteiger partial charge >= 0.3 is 0 Å². The van der Waals surface area contributed by atoms with E-state index in [2.05, 4.69) is 127 Å². The number of para-hydroxylation sites is 2. The molecule has 0 saturated heterocycles. The molecule has 9 rings (SSSR count). The van der Waals surface area contributed by atoms with Crippen LogP contribution in [0.15, 0.2) is 176 Å². The summed E-state index contributed by atoms with van der Waals surface area (Å²) in [5.74, 6) is 0. The highest BCUT2D eigenvalue weighted by Gasteiger charge is 2.46. The summed E-state index contributed by atoms with van der Waals surface area (Å²) in [6.07, 6.45) is 1.86. The number of hydrogen-bond acceptors (Lipinski definition) is 3. The van der Waals surface area contributed by atoms with E-state index in [1.54, 1.807) is 0 Å². The van der Waals surface area contributed by atoms with Gasteiger partial charge in [-0.15, -0.1) is 0 Å². The SMILES string of the molecule is c1ccc(-c2nc3ccccc3nc2-c2ccc3c(c2)C(c2ccccc2)(c2ccccc2)c2cc(-c4ccccn4)ccc2-3)cc1. The third-order valence-electron chi connectivity index (χ3n) is 9.40. The van der Waals surface area contributed by atoms with Crippen LogP contribution in [0.3, 0.4) is 0 Å². The topological polar surface area (TPSA) is 38.7 Å². The Morgan fingerprint density at radius 3 is 1.45 bits per heavy atom. The molecule has 0 amide bonds. The summed E-state index contributed by atoms with van der Waals surface area (Å²) in [7, 11) is 0. The molecule has 3 nitrogen and oxygen atoms in total. The molecule has 3 heteroatoms. The molecule has 0 radical (unpaired) electrons. The number of rotatable bonds is 5. The highest BCUT2D eigenvalue weighted by Crippen LogP contribution is 2.57. The summed E-state index contributed by atoms with van der Waals surface area (Å²) in [6.45, 7) is 0. The second-order valence-electron chi connectivity index (χ2n) is 12.0. The summed E-state index contributed by atoms with van der Waals surface area (Å²) in [6, 6.07) is 60.1. The van der Waals surface area contributed by atoms with Crippen molar-refractivity contribution in [3.8, 4) is 44.9 Å². The maximum atomic E-state index is 5.27. The minimum Gasteiger partial charge on any atom is -0.256 e. The molecule has 0 atom stereocenters. The molecule has 0 aliphatic heterocycles. The van der Waals surface area contributed by atoms with Crippen LogP contribution in [0.5, 0.6) is 0 Å². The molecule has 0 unspecified atom stereocenters. The van der Waals surface area contributed by atoms with Crippen LogP contribution in [0.2, 0.25) is 0 Å². The van der Waals surface area contributed by atoms with E-state index in [-0.39, 0.29) is 0 Å². The first-order chi connectivity index (χ1) is 23.3. The van der Waals surface area contributed by atoms with E-state index in [1.807, 2.05) is 48.7 Å². The maximum absolute atomic E-state index is 5.27. The van der Waals surface area contributed by atoms with Gasteiger partial charge in [0.1, 0.15) is 0 Å². The average Bonchev–Trinajstić information content (AvgIpc) is 3.45. The molecule has 0 spiro atoms. The number of hydrogen-bond donors (Lipinski definition) is 0. The number of fused-ring (bicyclic) bond motifs is 4. The zero-order chi connectivity index (χ0) is 31.2. The fourth-order valence-electron chi connectivity index (χ4n) is 7.33. The Morgan fingerprint density at radius 1 is 0.383 bits per heavy atom. The van der Waals surface area contributed by atoms with Gasteiger partial charge in [0, 0.05) is 22.9 Å². The first-order valence-corrected chi connectivity index (χ1v) is 16.0. The van der Waals surface area contributed by atoms with Crippen LogP contribution in [0.25, 0.3) is 55.9 Å². The first kappa shape index (κ1) is 27.1. The second kappa shape index (κ2) is 11.0. The molecule has 2 aromatic heterocycles. The fourth-order valence-corrected chi connectivity index (χ4v) is 7.33. The summed E-state index contributed by atoms with van der Waals surface area (Å²) in [5.41, 5.74) is 14.4. The minimum absolute atomic E-state index is 0.564. The largest absolute Gasteiger partial charge is 0.256 e. The van der Waals surface area contributed by atoms with E-state index in [0.717, 1.165) is 44.8 Å². The molecule has 47 heavy (non-hydrogen) atoms. The standard InChI is InChI=1S/C44H29N3/c1-4-14-30(15-5-1)42-43(47-41-22-11-10-21-40(41)46-42)32-24-26-36-35-25-23-31(39-20-12-13-27-45-39)28-37(35)44(38(36)29-32,33-16-6-2-7-17-33)34-18-8-3-9-19-34/h1-29H. The van der Waals surface area contributed by atoms with Gasteiger partial charge in [0.05, 0.1) is 33.5 Å². The predicted octanol–water partition coefficient (Wildman–Crippen LogP) is 10.4.